The number of rotatable bonds is 9. The molecule has 0 bridgehead atoms. The van der Waals surface area contributed by atoms with Gasteiger partial charge in [0.1, 0.15) is 12.4 Å². The van der Waals surface area contributed by atoms with Crippen molar-refractivity contribution in [3.63, 3.8) is 0 Å². The van der Waals surface area contributed by atoms with Crippen LogP contribution in [0.2, 0.25) is 5.02 Å². The van der Waals surface area contributed by atoms with Crippen LogP contribution in [0.5, 0.6) is 23.0 Å². The van der Waals surface area contributed by atoms with Gasteiger partial charge in [-0.3, -0.25) is 4.79 Å². The zero-order valence-corrected chi connectivity index (χ0v) is 16.2. The zero-order chi connectivity index (χ0) is 19.6. The number of hydrogen-bond donors (Lipinski definition) is 1. The standard InChI is InChI=1S/C20H22ClNO5/c1-24-17-10-4-14(19(25-2)20(17)26-3)5-11-18(23)22-12-13-27-16-8-6-15(21)7-9-16/h4-11H,12-13H2,1-3H3,(H,22,23)/b11-5+. The molecule has 0 saturated heterocycles. The summed E-state index contributed by atoms with van der Waals surface area (Å²) in [4.78, 5) is 12.0. The van der Waals surface area contributed by atoms with E-state index in [1.165, 1.54) is 20.3 Å². The summed E-state index contributed by atoms with van der Waals surface area (Å²) in [5, 5.41) is 3.39. The predicted molar refractivity (Wildman–Crippen MR) is 105 cm³/mol. The Morgan fingerprint density at radius 2 is 1.70 bits per heavy atom. The third kappa shape index (κ3) is 5.82. The number of ether oxygens (including phenoxy) is 4. The van der Waals surface area contributed by atoms with Crippen molar-refractivity contribution in [2.24, 2.45) is 0 Å². The van der Waals surface area contributed by atoms with Gasteiger partial charge >= 0.3 is 0 Å². The molecule has 0 saturated carbocycles. The van der Waals surface area contributed by atoms with Gasteiger partial charge < -0.3 is 24.3 Å². The van der Waals surface area contributed by atoms with E-state index in [-0.39, 0.29) is 5.91 Å². The minimum Gasteiger partial charge on any atom is -0.493 e. The van der Waals surface area contributed by atoms with Crippen LogP contribution in [0.25, 0.3) is 6.08 Å². The van der Waals surface area contributed by atoms with Crippen LogP contribution in [0.3, 0.4) is 0 Å². The van der Waals surface area contributed by atoms with Gasteiger partial charge in [-0.1, -0.05) is 11.6 Å². The molecule has 0 aliphatic heterocycles. The van der Waals surface area contributed by atoms with E-state index >= 15 is 0 Å². The largest absolute Gasteiger partial charge is 0.493 e. The second kappa shape index (κ2) is 10.3. The lowest BCUT2D eigenvalue weighted by Gasteiger charge is -2.14. The van der Waals surface area contributed by atoms with E-state index in [1.54, 1.807) is 49.6 Å². The van der Waals surface area contributed by atoms with Crippen LogP contribution >= 0.6 is 11.6 Å². The molecule has 1 amide bonds. The normalized spacial score (nSPS) is 10.5. The molecule has 0 radical (unpaired) electrons. The number of nitrogens with one attached hydrogen (secondary N) is 1. The van der Waals surface area contributed by atoms with E-state index in [9.17, 15) is 4.79 Å². The van der Waals surface area contributed by atoms with Crippen LogP contribution in [-0.2, 0) is 4.79 Å². The molecule has 0 fully saturated rings. The van der Waals surface area contributed by atoms with Gasteiger partial charge in [0, 0.05) is 16.7 Å². The van der Waals surface area contributed by atoms with Crippen LogP contribution < -0.4 is 24.3 Å². The van der Waals surface area contributed by atoms with Gasteiger partial charge in [-0.05, 0) is 42.5 Å². The van der Waals surface area contributed by atoms with Gasteiger partial charge in [0.05, 0.1) is 27.9 Å². The number of methoxy groups -OCH3 is 3. The molecule has 2 aromatic rings. The average molecular weight is 392 g/mol. The van der Waals surface area contributed by atoms with Crippen molar-refractivity contribution < 1.29 is 23.7 Å². The molecule has 0 heterocycles. The van der Waals surface area contributed by atoms with E-state index in [1.807, 2.05) is 0 Å². The fourth-order valence-corrected chi connectivity index (χ4v) is 2.48. The summed E-state index contributed by atoms with van der Waals surface area (Å²) >= 11 is 5.81. The molecule has 0 spiro atoms. The van der Waals surface area contributed by atoms with E-state index in [2.05, 4.69) is 5.32 Å². The number of halogens is 1. The first kappa shape index (κ1) is 20.5. The van der Waals surface area contributed by atoms with Crippen molar-refractivity contribution >= 4 is 23.6 Å². The van der Waals surface area contributed by atoms with E-state index in [0.717, 1.165) is 0 Å². The molecule has 0 aliphatic carbocycles. The molecule has 0 unspecified atom stereocenters. The first-order chi connectivity index (χ1) is 13.1. The Morgan fingerprint density at radius 1 is 1.00 bits per heavy atom. The zero-order valence-electron chi connectivity index (χ0n) is 15.5. The topological polar surface area (TPSA) is 66.0 Å². The summed E-state index contributed by atoms with van der Waals surface area (Å²) < 4.78 is 21.5. The van der Waals surface area contributed by atoms with E-state index in [0.29, 0.717) is 46.7 Å². The Balaban J connectivity index is 1.89. The fraction of sp³-hybridized carbons (Fsp3) is 0.250. The fourth-order valence-electron chi connectivity index (χ4n) is 2.35. The maximum atomic E-state index is 12.0. The number of amides is 1. The molecule has 0 aromatic heterocycles. The number of hydrogen-bond acceptors (Lipinski definition) is 5. The monoisotopic (exact) mass is 391 g/mol. The first-order valence-corrected chi connectivity index (χ1v) is 8.60. The van der Waals surface area contributed by atoms with Gasteiger partial charge in [-0.15, -0.1) is 0 Å². The highest BCUT2D eigenvalue weighted by Crippen LogP contribution is 2.40. The Morgan fingerprint density at radius 3 is 2.33 bits per heavy atom. The van der Waals surface area contributed by atoms with Crippen molar-refractivity contribution in [3.8, 4) is 23.0 Å². The maximum absolute atomic E-state index is 12.0. The predicted octanol–water partition coefficient (Wildman–Crippen LogP) is 3.57. The third-order valence-electron chi connectivity index (χ3n) is 3.63. The summed E-state index contributed by atoms with van der Waals surface area (Å²) in [5.74, 6) is 1.96. The van der Waals surface area contributed by atoms with Crippen molar-refractivity contribution in [3.05, 3.63) is 53.1 Å². The van der Waals surface area contributed by atoms with Crippen LogP contribution in [0.15, 0.2) is 42.5 Å². The second-order valence-electron chi connectivity index (χ2n) is 5.35. The summed E-state index contributed by atoms with van der Waals surface area (Å²) in [7, 11) is 4.61. The summed E-state index contributed by atoms with van der Waals surface area (Å²) in [6, 6.07) is 10.6. The van der Waals surface area contributed by atoms with E-state index < -0.39 is 0 Å². The molecule has 27 heavy (non-hydrogen) atoms. The van der Waals surface area contributed by atoms with Crippen LogP contribution in [0.4, 0.5) is 0 Å². The summed E-state index contributed by atoms with van der Waals surface area (Å²) in [5.41, 5.74) is 0.697. The molecule has 2 rings (SSSR count). The lowest BCUT2D eigenvalue weighted by molar-refractivity contribution is -0.116. The summed E-state index contributed by atoms with van der Waals surface area (Å²) in [6.07, 6.45) is 3.07. The summed E-state index contributed by atoms with van der Waals surface area (Å²) in [6.45, 7) is 0.718. The van der Waals surface area contributed by atoms with Gasteiger partial charge in [0.15, 0.2) is 11.5 Å². The highest BCUT2D eigenvalue weighted by Gasteiger charge is 2.14. The quantitative estimate of drug-likeness (QED) is 0.523. The Bertz CT molecular complexity index is 790. The van der Waals surface area contributed by atoms with Crippen LogP contribution in [-0.4, -0.2) is 40.4 Å². The molecule has 1 N–H and O–H groups in total. The van der Waals surface area contributed by atoms with Crippen molar-refractivity contribution in [2.75, 3.05) is 34.5 Å². The SMILES string of the molecule is COc1ccc(/C=C/C(=O)NCCOc2ccc(Cl)cc2)c(OC)c1OC. The lowest BCUT2D eigenvalue weighted by atomic mass is 10.1. The second-order valence-corrected chi connectivity index (χ2v) is 5.79. The van der Waals surface area contributed by atoms with Gasteiger partial charge in [-0.25, -0.2) is 0 Å². The molecular formula is C20H22ClNO5. The van der Waals surface area contributed by atoms with Gasteiger partial charge in [0.2, 0.25) is 11.7 Å². The molecule has 144 valence electrons. The maximum Gasteiger partial charge on any atom is 0.244 e. The van der Waals surface area contributed by atoms with Crippen molar-refractivity contribution in [2.45, 2.75) is 0 Å². The Kier molecular flexibility index (Phi) is 7.82. The van der Waals surface area contributed by atoms with Crippen molar-refractivity contribution in [1.82, 2.24) is 5.32 Å². The molecule has 6 nitrogen and oxygen atoms in total. The minimum absolute atomic E-state index is 0.244. The number of benzene rings is 2. The molecular weight excluding hydrogens is 370 g/mol. The third-order valence-corrected chi connectivity index (χ3v) is 3.88. The number of carbonyl (C=O) groups excluding carboxylic acids is 1. The van der Waals surface area contributed by atoms with Gasteiger partial charge in [0.25, 0.3) is 0 Å². The smallest absolute Gasteiger partial charge is 0.244 e. The highest BCUT2D eigenvalue weighted by atomic mass is 35.5. The molecule has 2 aromatic carbocycles. The minimum atomic E-state index is -0.244. The van der Waals surface area contributed by atoms with Crippen LogP contribution in [0, 0.1) is 0 Å². The lowest BCUT2D eigenvalue weighted by Crippen LogP contribution is -2.26. The van der Waals surface area contributed by atoms with Crippen LogP contribution in [0.1, 0.15) is 5.56 Å². The highest BCUT2D eigenvalue weighted by molar-refractivity contribution is 6.30. The number of carbonyl (C=O) groups is 1. The Labute approximate surface area is 163 Å². The van der Waals surface area contributed by atoms with E-state index in [4.69, 9.17) is 30.5 Å². The molecule has 0 atom stereocenters. The molecule has 7 heteroatoms. The molecule has 0 aliphatic rings. The van der Waals surface area contributed by atoms with Crippen molar-refractivity contribution in [1.29, 1.82) is 0 Å². The van der Waals surface area contributed by atoms with Gasteiger partial charge in [-0.2, -0.15) is 0 Å². The first-order valence-electron chi connectivity index (χ1n) is 8.22. The Hall–Kier alpha value is -2.86. The average Bonchev–Trinajstić information content (AvgIpc) is 2.69.